The van der Waals surface area contributed by atoms with Gasteiger partial charge in [-0.2, -0.15) is 0 Å². The highest BCUT2D eigenvalue weighted by atomic mass is 32.2. The SMILES string of the molecule is CCCNC(C1CCC(C)C(C)C1)C(C)S(C)(=O)=O. The van der Waals surface area contributed by atoms with Gasteiger partial charge in [-0.15, -0.1) is 0 Å². The zero-order chi connectivity index (χ0) is 14.6. The van der Waals surface area contributed by atoms with Crippen molar-refractivity contribution in [2.24, 2.45) is 17.8 Å². The van der Waals surface area contributed by atoms with E-state index in [1.807, 2.05) is 6.92 Å². The molecule has 0 bridgehead atoms. The van der Waals surface area contributed by atoms with Crippen LogP contribution in [0.25, 0.3) is 0 Å². The van der Waals surface area contributed by atoms with Gasteiger partial charge in [0.05, 0.1) is 5.25 Å². The highest BCUT2D eigenvalue weighted by molar-refractivity contribution is 7.91. The first kappa shape index (κ1) is 17.0. The fourth-order valence-electron chi connectivity index (χ4n) is 3.21. The minimum absolute atomic E-state index is 0.116. The number of rotatable bonds is 6. The Morgan fingerprint density at radius 1 is 1.21 bits per heavy atom. The minimum atomic E-state index is -2.98. The maximum Gasteiger partial charge on any atom is 0.151 e. The third-order valence-electron chi connectivity index (χ3n) is 4.96. The smallest absolute Gasteiger partial charge is 0.151 e. The second-order valence-electron chi connectivity index (χ2n) is 6.54. The zero-order valence-corrected chi connectivity index (χ0v) is 14.0. The van der Waals surface area contributed by atoms with Crippen LogP contribution in [0, 0.1) is 17.8 Å². The predicted octanol–water partition coefficient (Wildman–Crippen LogP) is 2.86. The van der Waals surface area contributed by atoms with Crippen molar-refractivity contribution in [1.29, 1.82) is 0 Å². The van der Waals surface area contributed by atoms with Gasteiger partial charge in [-0.1, -0.05) is 27.2 Å². The van der Waals surface area contributed by atoms with Gasteiger partial charge < -0.3 is 5.32 Å². The van der Waals surface area contributed by atoms with Crippen molar-refractivity contribution < 1.29 is 8.42 Å². The van der Waals surface area contributed by atoms with Crippen LogP contribution in [-0.2, 0) is 9.84 Å². The van der Waals surface area contributed by atoms with Crippen LogP contribution in [0.1, 0.15) is 53.4 Å². The maximum absolute atomic E-state index is 11.9. The topological polar surface area (TPSA) is 46.2 Å². The van der Waals surface area contributed by atoms with Crippen LogP contribution in [0.3, 0.4) is 0 Å². The lowest BCUT2D eigenvalue weighted by atomic mass is 9.72. The zero-order valence-electron chi connectivity index (χ0n) is 13.1. The molecule has 0 spiro atoms. The summed E-state index contributed by atoms with van der Waals surface area (Å²) in [4.78, 5) is 0. The Kier molecular flexibility index (Phi) is 6.31. The Morgan fingerprint density at radius 2 is 1.84 bits per heavy atom. The lowest BCUT2D eigenvalue weighted by molar-refractivity contribution is 0.169. The fraction of sp³-hybridized carbons (Fsp3) is 1.00. The molecule has 0 saturated heterocycles. The summed E-state index contributed by atoms with van der Waals surface area (Å²) in [6, 6.07) is 0.116. The highest BCUT2D eigenvalue weighted by Gasteiger charge is 2.35. The molecule has 0 aromatic carbocycles. The molecule has 1 fully saturated rings. The van der Waals surface area contributed by atoms with Gasteiger partial charge in [-0.05, 0) is 50.5 Å². The summed E-state index contributed by atoms with van der Waals surface area (Å²) in [5.41, 5.74) is 0. The van der Waals surface area contributed by atoms with Crippen molar-refractivity contribution >= 4 is 9.84 Å². The van der Waals surface area contributed by atoms with E-state index in [2.05, 4.69) is 26.1 Å². The molecule has 0 aromatic rings. The van der Waals surface area contributed by atoms with Gasteiger partial charge in [0, 0.05) is 12.3 Å². The van der Waals surface area contributed by atoms with Crippen LogP contribution in [0.4, 0.5) is 0 Å². The molecule has 0 heterocycles. The van der Waals surface area contributed by atoms with Crippen molar-refractivity contribution in [3.05, 3.63) is 0 Å². The average Bonchev–Trinajstić information content (AvgIpc) is 2.32. The van der Waals surface area contributed by atoms with E-state index in [1.54, 1.807) is 0 Å². The van der Waals surface area contributed by atoms with Crippen LogP contribution in [0.2, 0.25) is 0 Å². The molecule has 1 rings (SSSR count). The van der Waals surface area contributed by atoms with Crippen LogP contribution >= 0.6 is 0 Å². The lowest BCUT2D eigenvalue weighted by Gasteiger charge is -2.39. The molecular weight excluding hydrogens is 258 g/mol. The van der Waals surface area contributed by atoms with Crippen molar-refractivity contribution in [3.63, 3.8) is 0 Å². The Morgan fingerprint density at radius 3 is 2.32 bits per heavy atom. The third kappa shape index (κ3) is 4.75. The van der Waals surface area contributed by atoms with E-state index in [0.29, 0.717) is 11.8 Å². The lowest BCUT2D eigenvalue weighted by Crippen LogP contribution is -2.49. The van der Waals surface area contributed by atoms with Gasteiger partial charge in [0.15, 0.2) is 9.84 Å². The largest absolute Gasteiger partial charge is 0.312 e. The molecule has 0 aromatic heterocycles. The van der Waals surface area contributed by atoms with Crippen molar-refractivity contribution in [2.45, 2.75) is 64.7 Å². The Bertz CT molecular complexity index is 366. The molecule has 1 saturated carbocycles. The molecule has 5 atom stereocenters. The second-order valence-corrected chi connectivity index (χ2v) is 8.94. The summed E-state index contributed by atoms with van der Waals surface area (Å²) in [6.07, 6.45) is 5.96. The van der Waals surface area contributed by atoms with Crippen molar-refractivity contribution in [1.82, 2.24) is 5.32 Å². The molecule has 0 amide bonds. The molecule has 3 nitrogen and oxygen atoms in total. The third-order valence-corrected chi connectivity index (χ3v) is 6.60. The van der Waals surface area contributed by atoms with E-state index in [0.717, 1.165) is 31.7 Å². The molecule has 1 aliphatic carbocycles. The van der Waals surface area contributed by atoms with Crippen LogP contribution in [-0.4, -0.2) is 32.5 Å². The van der Waals surface area contributed by atoms with E-state index in [9.17, 15) is 8.42 Å². The van der Waals surface area contributed by atoms with Crippen LogP contribution < -0.4 is 5.32 Å². The van der Waals surface area contributed by atoms with Gasteiger partial charge in [-0.3, -0.25) is 0 Å². The van der Waals surface area contributed by atoms with Gasteiger partial charge in [0.25, 0.3) is 0 Å². The van der Waals surface area contributed by atoms with Gasteiger partial charge in [0.2, 0.25) is 0 Å². The second kappa shape index (κ2) is 7.07. The molecule has 4 heteroatoms. The first-order valence-electron chi connectivity index (χ1n) is 7.69. The summed E-state index contributed by atoms with van der Waals surface area (Å²) < 4.78 is 23.8. The molecular formula is C15H31NO2S. The predicted molar refractivity (Wildman–Crippen MR) is 82.1 cm³/mol. The van der Waals surface area contributed by atoms with Gasteiger partial charge in [0.1, 0.15) is 0 Å². The average molecular weight is 289 g/mol. The summed E-state index contributed by atoms with van der Waals surface area (Å²) in [5.74, 6) is 1.98. The van der Waals surface area contributed by atoms with E-state index in [1.165, 1.54) is 12.7 Å². The molecule has 1 N–H and O–H groups in total. The maximum atomic E-state index is 11.9. The summed E-state index contributed by atoms with van der Waals surface area (Å²) in [5, 5.41) is 3.21. The quantitative estimate of drug-likeness (QED) is 0.818. The molecule has 0 radical (unpaired) electrons. The number of hydrogen-bond acceptors (Lipinski definition) is 3. The van der Waals surface area contributed by atoms with E-state index in [4.69, 9.17) is 0 Å². The van der Waals surface area contributed by atoms with Crippen molar-refractivity contribution in [3.8, 4) is 0 Å². The molecule has 114 valence electrons. The van der Waals surface area contributed by atoms with Crippen LogP contribution in [0.15, 0.2) is 0 Å². The van der Waals surface area contributed by atoms with E-state index < -0.39 is 9.84 Å². The number of nitrogens with one attached hydrogen (secondary N) is 1. The minimum Gasteiger partial charge on any atom is -0.312 e. The highest BCUT2D eigenvalue weighted by Crippen LogP contribution is 2.36. The monoisotopic (exact) mass is 289 g/mol. The summed E-state index contributed by atoms with van der Waals surface area (Å²) in [7, 11) is -2.98. The standard InChI is InChI=1S/C15H31NO2S/c1-6-9-16-15(13(4)19(5,17)18)14-8-7-11(2)12(3)10-14/h11-16H,6-10H2,1-5H3. The molecule has 5 unspecified atom stereocenters. The molecule has 19 heavy (non-hydrogen) atoms. The summed E-state index contributed by atoms with van der Waals surface area (Å²) in [6.45, 7) is 9.52. The Labute approximate surface area is 119 Å². The van der Waals surface area contributed by atoms with Crippen molar-refractivity contribution in [2.75, 3.05) is 12.8 Å². The summed E-state index contributed by atoms with van der Waals surface area (Å²) >= 11 is 0. The van der Waals surface area contributed by atoms with Crippen LogP contribution in [0.5, 0.6) is 0 Å². The normalized spacial score (nSPS) is 31.9. The van der Waals surface area contributed by atoms with Gasteiger partial charge in [-0.25, -0.2) is 8.42 Å². The fourth-order valence-corrected chi connectivity index (χ4v) is 4.06. The number of sulfone groups is 1. The number of hydrogen-bond donors (Lipinski definition) is 1. The molecule has 1 aliphatic rings. The Balaban J connectivity index is 2.79. The first-order chi connectivity index (χ1) is 8.77. The molecule has 0 aliphatic heterocycles. The Hall–Kier alpha value is -0.0900. The van der Waals surface area contributed by atoms with Gasteiger partial charge >= 0.3 is 0 Å². The van der Waals surface area contributed by atoms with E-state index >= 15 is 0 Å². The van der Waals surface area contributed by atoms with E-state index in [-0.39, 0.29) is 11.3 Å². The first-order valence-corrected chi connectivity index (χ1v) is 9.65.